The van der Waals surface area contributed by atoms with Crippen molar-refractivity contribution in [3.63, 3.8) is 0 Å². The molecule has 1 aromatic heterocycles. The molecule has 0 spiro atoms. The van der Waals surface area contributed by atoms with Crippen LogP contribution in [-0.4, -0.2) is 33.6 Å². The molecule has 0 unspecified atom stereocenters. The van der Waals surface area contributed by atoms with Crippen molar-refractivity contribution < 1.29 is 5.21 Å². The third-order valence-corrected chi connectivity index (χ3v) is 6.58. The highest BCUT2D eigenvalue weighted by atomic mass is 16.4. The quantitative estimate of drug-likeness (QED) is 0.643. The molecule has 3 aliphatic rings. The summed E-state index contributed by atoms with van der Waals surface area (Å²) in [5.74, 6) is 0.837. The lowest BCUT2D eigenvalue weighted by molar-refractivity contribution is -0.00416. The largest absolute Gasteiger partial charge is 0.409 e. The van der Waals surface area contributed by atoms with Crippen molar-refractivity contribution in [2.45, 2.75) is 45.1 Å². The molecule has 1 N–H and O–H groups in total. The van der Waals surface area contributed by atoms with E-state index in [1.165, 1.54) is 48.1 Å². The number of benzene rings is 1. The highest BCUT2D eigenvalue weighted by molar-refractivity contribution is 5.99. The number of aromatic nitrogens is 1. The van der Waals surface area contributed by atoms with Gasteiger partial charge in [0, 0.05) is 24.0 Å². The van der Waals surface area contributed by atoms with Gasteiger partial charge in [-0.1, -0.05) is 30.3 Å². The Kier molecular flexibility index (Phi) is 2.72. The van der Waals surface area contributed by atoms with Crippen molar-refractivity contribution in [2.24, 2.45) is 10.6 Å². The molecular formula is C19H23N3O. The first-order chi connectivity index (χ1) is 11.3. The molecule has 4 nitrogen and oxygen atoms in total. The van der Waals surface area contributed by atoms with Gasteiger partial charge < -0.3 is 5.21 Å². The summed E-state index contributed by atoms with van der Waals surface area (Å²) >= 11 is 0. The van der Waals surface area contributed by atoms with E-state index in [0.29, 0.717) is 6.04 Å². The number of hydrogen-bond acceptors (Lipinski definition) is 3. The van der Waals surface area contributed by atoms with Gasteiger partial charge >= 0.3 is 0 Å². The number of piperidine rings is 1. The molecular weight excluding hydrogens is 286 g/mol. The van der Waals surface area contributed by atoms with Crippen LogP contribution in [-0.2, 0) is 6.42 Å². The van der Waals surface area contributed by atoms with Crippen LogP contribution >= 0.6 is 0 Å². The summed E-state index contributed by atoms with van der Waals surface area (Å²) in [6.45, 7) is 4.68. The number of oxime groups is 1. The second-order valence-electron chi connectivity index (χ2n) is 7.42. The summed E-state index contributed by atoms with van der Waals surface area (Å²) in [6.07, 6.45) is 5.64. The zero-order valence-corrected chi connectivity index (χ0v) is 13.6. The SMILES string of the molecule is CC[C@]12CCCN3CCc4c(n(c5ccccc45)/C(=N/O)C1)[C@@H]32. The van der Waals surface area contributed by atoms with E-state index in [1.807, 2.05) is 0 Å². The molecule has 1 aromatic carbocycles. The lowest BCUT2D eigenvalue weighted by Gasteiger charge is -2.54. The standard InChI is InChI=1S/C19H23N3O/c1-2-19-9-5-10-21-11-8-14-13-6-3-4-7-15(13)22(16(12-19)20-23)17(14)18(19)21/h3-4,6-7,18,23H,2,5,8-12H2,1H3/b20-16+/t18-,19+/m1/s1. The third-order valence-electron chi connectivity index (χ3n) is 6.58. The average Bonchev–Trinajstić information content (AvgIpc) is 2.95. The molecule has 2 aromatic rings. The van der Waals surface area contributed by atoms with Gasteiger partial charge in [0.15, 0.2) is 5.84 Å². The molecule has 23 heavy (non-hydrogen) atoms. The van der Waals surface area contributed by atoms with Crippen LogP contribution in [0.5, 0.6) is 0 Å². The maximum Gasteiger partial charge on any atom is 0.153 e. The normalized spacial score (nSPS) is 31.5. The zero-order chi connectivity index (χ0) is 15.6. The fourth-order valence-corrected chi connectivity index (χ4v) is 5.56. The zero-order valence-electron chi connectivity index (χ0n) is 13.6. The molecule has 1 saturated heterocycles. The van der Waals surface area contributed by atoms with E-state index in [2.05, 4.69) is 45.8 Å². The third kappa shape index (κ3) is 1.57. The maximum absolute atomic E-state index is 9.74. The molecule has 0 bridgehead atoms. The minimum Gasteiger partial charge on any atom is -0.409 e. The molecule has 4 heteroatoms. The number of para-hydroxylation sites is 1. The number of nitrogens with zero attached hydrogens (tertiary/aromatic N) is 3. The summed E-state index contributed by atoms with van der Waals surface area (Å²) in [5.41, 5.74) is 4.35. The molecule has 0 radical (unpaired) electrons. The predicted molar refractivity (Wildman–Crippen MR) is 91.2 cm³/mol. The highest BCUT2D eigenvalue weighted by Crippen LogP contribution is 2.56. The van der Waals surface area contributed by atoms with Crippen LogP contribution < -0.4 is 0 Å². The summed E-state index contributed by atoms with van der Waals surface area (Å²) in [4.78, 5) is 2.69. The van der Waals surface area contributed by atoms with Gasteiger partial charge in [-0.2, -0.15) is 0 Å². The van der Waals surface area contributed by atoms with Gasteiger partial charge in [-0.3, -0.25) is 9.47 Å². The van der Waals surface area contributed by atoms with Gasteiger partial charge in [-0.05, 0) is 49.3 Å². The monoisotopic (exact) mass is 309 g/mol. The fourth-order valence-electron chi connectivity index (χ4n) is 5.56. The molecule has 120 valence electrons. The molecule has 3 aliphatic heterocycles. The minimum absolute atomic E-state index is 0.235. The van der Waals surface area contributed by atoms with E-state index in [9.17, 15) is 5.21 Å². The smallest absolute Gasteiger partial charge is 0.153 e. The van der Waals surface area contributed by atoms with Gasteiger partial charge in [0.1, 0.15) is 0 Å². The average molecular weight is 309 g/mol. The molecule has 5 rings (SSSR count). The first kappa shape index (κ1) is 13.6. The molecule has 4 heterocycles. The Bertz CT molecular complexity index is 821. The first-order valence-electron chi connectivity index (χ1n) is 8.86. The highest BCUT2D eigenvalue weighted by Gasteiger charge is 2.52. The van der Waals surface area contributed by atoms with Gasteiger partial charge in [0.05, 0.1) is 11.6 Å². The van der Waals surface area contributed by atoms with Crippen molar-refractivity contribution in [1.29, 1.82) is 0 Å². The Morgan fingerprint density at radius 3 is 3.00 bits per heavy atom. The fraction of sp³-hybridized carbons (Fsp3) is 0.526. The Balaban J connectivity index is 1.89. The van der Waals surface area contributed by atoms with Crippen molar-refractivity contribution in [1.82, 2.24) is 9.47 Å². The first-order valence-corrected chi connectivity index (χ1v) is 8.86. The van der Waals surface area contributed by atoms with Gasteiger partial charge in [0.25, 0.3) is 0 Å². The Morgan fingerprint density at radius 1 is 1.30 bits per heavy atom. The Morgan fingerprint density at radius 2 is 2.17 bits per heavy atom. The summed E-state index contributed by atoms with van der Waals surface area (Å²) in [7, 11) is 0. The van der Waals surface area contributed by atoms with E-state index < -0.39 is 0 Å². The maximum atomic E-state index is 9.74. The second kappa shape index (κ2) is 4.60. The molecule has 0 amide bonds. The predicted octanol–water partition coefficient (Wildman–Crippen LogP) is 3.77. The van der Waals surface area contributed by atoms with Crippen LogP contribution in [0.1, 0.15) is 49.9 Å². The van der Waals surface area contributed by atoms with E-state index in [4.69, 9.17) is 0 Å². The van der Waals surface area contributed by atoms with Crippen LogP contribution in [0.15, 0.2) is 29.4 Å². The van der Waals surface area contributed by atoms with E-state index in [1.54, 1.807) is 0 Å². The number of hydrogen-bond donors (Lipinski definition) is 1. The molecule has 2 atom stereocenters. The summed E-state index contributed by atoms with van der Waals surface area (Å²) < 4.78 is 2.26. The van der Waals surface area contributed by atoms with Crippen LogP contribution in [0, 0.1) is 5.41 Å². The summed E-state index contributed by atoms with van der Waals surface area (Å²) in [5, 5.41) is 14.8. The summed E-state index contributed by atoms with van der Waals surface area (Å²) in [6, 6.07) is 9.11. The van der Waals surface area contributed by atoms with E-state index >= 15 is 0 Å². The second-order valence-corrected chi connectivity index (χ2v) is 7.42. The lowest BCUT2D eigenvalue weighted by atomic mass is 9.64. The Hall–Kier alpha value is -1.81. The van der Waals surface area contributed by atoms with E-state index in [-0.39, 0.29) is 5.41 Å². The molecule has 0 saturated carbocycles. The minimum atomic E-state index is 0.235. The van der Waals surface area contributed by atoms with Crippen molar-refractivity contribution in [2.75, 3.05) is 13.1 Å². The number of rotatable bonds is 1. The molecule has 0 aliphatic carbocycles. The van der Waals surface area contributed by atoms with Crippen LogP contribution in [0.2, 0.25) is 0 Å². The van der Waals surface area contributed by atoms with Crippen molar-refractivity contribution in [3.05, 3.63) is 35.5 Å². The van der Waals surface area contributed by atoms with Gasteiger partial charge in [-0.15, -0.1) is 0 Å². The van der Waals surface area contributed by atoms with Crippen LogP contribution in [0.25, 0.3) is 10.9 Å². The van der Waals surface area contributed by atoms with Gasteiger partial charge in [-0.25, -0.2) is 0 Å². The molecule has 1 fully saturated rings. The van der Waals surface area contributed by atoms with Crippen LogP contribution in [0.3, 0.4) is 0 Å². The topological polar surface area (TPSA) is 40.8 Å². The van der Waals surface area contributed by atoms with Gasteiger partial charge in [0.2, 0.25) is 0 Å². The number of fused-ring (bicyclic) bond motifs is 3. The van der Waals surface area contributed by atoms with Crippen LogP contribution in [0.4, 0.5) is 0 Å². The lowest BCUT2D eigenvalue weighted by Crippen LogP contribution is -2.53. The van der Waals surface area contributed by atoms with Crippen molar-refractivity contribution in [3.8, 4) is 0 Å². The van der Waals surface area contributed by atoms with Crippen molar-refractivity contribution >= 4 is 16.7 Å². The Labute approximate surface area is 136 Å². The van der Waals surface area contributed by atoms with E-state index in [0.717, 1.165) is 25.1 Å².